The second-order valence-corrected chi connectivity index (χ2v) is 5.53. The van der Waals surface area contributed by atoms with Crippen LogP contribution in [0.15, 0.2) is 18.2 Å². The molecule has 0 fully saturated rings. The topological polar surface area (TPSA) is 43.1 Å². The summed E-state index contributed by atoms with van der Waals surface area (Å²) in [7, 11) is 0. The maximum Gasteiger partial charge on any atom is 0.150 e. The van der Waals surface area contributed by atoms with Gasteiger partial charge in [0.05, 0.1) is 8.57 Å². The van der Waals surface area contributed by atoms with Crippen molar-refractivity contribution < 1.29 is 4.79 Å². The van der Waals surface area contributed by atoms with Gasteiger partial charge in [-0.3, -0.25) is 4.79 Å². The molecule has 0 saturated heterocycles. The minimum absolute atomic E-state index is 0.699. The first-order valence-corrected chi connectivity index (χ1v) is 5.54. The number of anilines is 1. The van der Waals surface area contributed by atoms with Gasteiger partial charge >= 0.3 is 0 Å². The zero-order valence-electron chi connectivity index (χ0n) is 6.58. The monoisotopic (exact) mass is 303 g/mol. The van der Waals surface area contributed by atoms with Crippen molar-refractivity contribution in [1.82, 2.24) is 0 Å². The molecule has 0 bridgehead atoms. The van der Waals surface area contributed by atoms with Crippen LogP contribution in [0, 0.1) is 2.88 Å². The van der Waals surface area contributed by atoms with E-state index >= 15 is 0 Å². The van der Waals surface area contributed by atoms with E-state index in [9.17, 15) is 4.79 Å². The van der Waals surface area contributed by atoms with Gasteiger partial charge in [-0.25, -0.2) is 0 Å². The van der Waals surface area contributed by atoms with E-state index < -0.39 is 0 Å². The van der Waals surface area contributed by atoms with Gasteiger partial charge in [-0.05, 0) is 28.7 Å². The first-order valence-electron chi connectivity index (χ1n) is 3.65. The van der Waals surface area contributed by atoms with E-state index in [2.05, 4.69) is 22.6 Å². The van der Waals surface area contributed by atoms with Crippen molar-refractivity contribution in [2.75, 3.05) is 5.73 Å². The molecule has 1 aromatic heterocycles. The van der Waals surface area contributed by atoms with E-state index in [4.69, 9.17) is 5.73 Å². The Morgan fingerprint density at radius 1 is 1.46 bits per heavy atom. The average molecular weight is 303 g/mol. The van der Waals surface area contributed by atoms with E-state index in [1.54, 1.807) is 17.4 Å². The third-order valence-corrected chi connectivity index (χ3v) is 4.04. The van der Waals surface area contributed by atoms with Crippen LogP contribution in [0.3, 0.4) is 0 Å². The molecule has 66 valence electrons. The number of nitrogens with two attached hydrogens (primary N) is 1. The highest BCUT2D eigenvalue weighted by molar-refractivity contribution is 14.1. The molecule has 2 rings (SSSR count). The number of nitrogen functional groups attached to an aromatic ring is 1. The van der Waals surface area contributed by atoms with E-state index in [1.165, 1.54) is 0 Å². The standard InChI is InChI=1S/C9H6INOS/c10-9-8(11)6-2-1-5(4-12)3-7(6)13-9/h1-4H,11H2. The van der Waals surface area contributed by atoms with Gasteiger partial charge in [0.25, 0.3) is 0 Å². The molecule has 0 radical (unpaired) electrons. The van der Waals surface area contributed by atoms with Crippen LogP contribution in [-0.2, 0) is 0 Å². The summed E-state index contributed by atoms with van der Waals surface area (Å²) in [5.41, 5.74) is 7.36. The molecule has 0 aliphatic heterocycles. The summed E-state index contributed by atoms with van der Waals surface area (Å²) in [6.07, 6.45) is 0.849. The Kier molecular flexibility index (Phi) is 2.25. The zero-order valence-corrected chi connectivity index (χ0v) is 9.56. The molecule has 4 heteroatoms. The largest absolute Gasteiger partial charge is 0.397 e. The Hall–Kier alpha value is -0.620. The second kappa shape index (κ2) is 3.26. The quantitative estimate of drug-likeness (QED) is 0.650. The molecule has 2 N–H and O–H groups in total. The molecule has 1 heterocycles. The van der Waals surface area contributed by atoms with Crippen molar-refractivity contribution in [2.24, 2.45) is 0 Å². The lowest BCUT2D eigenvalue weighted by molar-refractivity contribution is 0.112. The van der Waals surface area contributed by atoms with Gasteiger partial charge in [0.1, 0.15) is 6.29 Å². The lowest BCUT2D eigenvalue weighted by Crippen LogP contribution is -1.83. The molecule has 2 nitrogen and oxygen atoms in total. The fourth-order valence-corrected chi connectivity index (χ4v) is 3.07. The summed E-state index contributed by atoms with van der Waals surface area (Å²) in [6.45, 7) is 0. The molecular formula is C9H6INOS. The number of carbonyl (C=O) groups is 1. The summed E-state index contributed by atoms with van der Waals surface area (Å²) in [4.78, 5) is 10.5. The SMILES string of the molecule is Nc1c(I)sc2cc(C=O)ccc12. The molecule has 1 aromatic carbocycles. The molecule has 2 aromatic rings. The number of rotatable bonds is 1. The van der Waals surface area contributed by atoms with Crippen LogP contribution in [-0.4, -0.2) is 6.29 Å². The van der Waals surface area contributed by atoms with Gasteiger partial charge in [0.2, 0.25) is 0 Å². The number of fused-ring (bicyclic) bond motifs is 1. The highest BCUT2D eigenvalue weighted by Gasteiger charge is 2.06. The highest BCUT2D eigenvalue weighted by atomic mass is 127. The summed E-state index contributed by atoms with van der Waals surface area (Å²) in [5.74, 6) is 0. The molecule has 13 heavy (non-hydrogen) atoms. The number of hydrogen-bond donors (Lipinski definition) is 1. The molecule has 0 amide bonds. The van der Waals surface area contributed by atoms with Gasteiger partial charge in [0, 0.05) is 15.6 Å². The lowest BCUT2D eigenvalue weighted by atomic mass is 10.2. The zero-order chi connectivity index (χ0) is 9.42. The Morgan fingerprint density at radius 3 is 2.92 bits per heavy atom. The third-order valence-electron chi connectivity index (χ3n) is 1.84. The van der Waals surface area contributed by atoms with Gasteiger partial charge < -0.3 is 5.73 Å². The maximum absolute atomic E-state index is 10.5. The normalized spacial score (nSPS) is 10.5. The first-order chi connectivity index (χ1) is 6.22. The lowest BCUT2D eigenvalue weighted by Gasteiger charge is -1.92. The number of hydrogen-bond acceptors (Lipinski definition) is 3. The van der Waals surface area contributed by atoms with Crippen molar-refractivity contribution in [3.63, 3.8) is 0 Å². The van der Waals surface area contributed by atoms with Crippen LogP contribution in [0.4, 0.5) is 5.69 Å². The minimum Gasteiger partial charge on any atom is -0.397 e. The number of halogens is 1. The Morgan fingerprint density at radius 2 is 2.23 bits per heavy atom. The molecule has 0 unspecified atom stereocenters. The molecule has 0 aliphatic rings. The van der Waals surface area contributed by atoms with Gasteiger partial charge in [0.15, 0.2) is 0 Å². The summed E-state index contributed by atoms with van der Waals surface area (Å²) >= 11 is 3.82. The van der Waals surface area contributed by atoms with Crippen molar-refractivity contribution >= 4 is 56.0 Å². The van der Waals surface area contributed by atoms with Crippen LogP contribution in [0.1, 0.15) is 10.4 Å². The van der Waals surface area contributed by atoms with E-state index in [0.717, 1.165) is 24.9 Å². The second-order valence-electron chi connectivity index (χ2n) is 2.66. The van der Waals surface area contributed by atoms with E-state index in [-0.39, 0.29) is 0 Å². The Balaban J connectivity index is 2.79. The summed E-state index contributed by atoms with van der Waals surface area (Å²) in [5, 5.41) is 1.04. The number of carbonyl (C=O) groups excluding carboxylic acids is 1. The predicted molar refractivity (Wildman–Crippen MR) is 64.3 cm³/mol. The average Bonchev–Trinajstić information content (AvgIpc) is 2.42. The van der Waals surface area contributed by atoms with Gasteiger partial charge in [-0.1, -0.05) is 12.1 Å². The van der Waals surface area contributed by atoms with Crippen LogP contribution < -0.4 is 5.73 Å². The van der Waals surface area contributed by atoms with Crippen molar-refractivity contribution in [3.8, 4) is 0 Å². The summed E-state index contributed by atoms with van der Waals surface area (Å²) in [6, 6.07) is 5.55. The molecule has 0 spiro atoms. The van der Waals surface area contributed by atoms with Crippen molar-refractivity contribution in [2.45, 2.75) is 0 Å². The highest BCUT2D eigenvalue weighted by Crippen LogP contribution is 2.34. The molecule has 0 aliphatic carbocycles. The van der Waals surface area contributed by atoms with E-state index in [0.29, 0.717) is 5.56 Å². The van der Waals surface area contributed by atoms with Gasteiger partial charge in [-0.15, -0.1) is 11.3 Å². The number of thiophene rings is 1. The van der Waals surface area contributed by atoms with Crippen molar-refractivity contribution in [3.05, 3.63) is 26.6 Å². The summed E-state index contributed by atoms with van der Waals surface area (Å²) < 4.78 is 2.15. The Bertz CT molecular complexity index is 478. The predicted octanol–water partition coefficient (Wildman–Crippen LogP) is 2.90. The maximum atomic E-state index is 10.5. The van der Waals surface area contributed by atoms with Crippen LogP contribution in [0.5, 0.6) is 0 Å². The fraction of sp³-hybridized carbons (Fsp3) is 0. The van der Waals surface area contributed by atoms with Gasteiger partial charge in [-0.2, -0.15) is 0 Å². The minimum atomic E-state index is 0.699. The molecular weight excluding hydrogens is 297 g/mol. The van der Waals surface area contributed by atoms with E-state index in [1.807, 2.05) is 12.1 Å². The number of aldehydes is 1. The fourth-order valence-electron chi connectivity index (χ4n) is 1.18. The van der Waals surface area contributed by atoms with Crippen LogP contribution in [0.25, 0.3) is 10.1 Å². The molecule has 0 saturated carbocycles. The van der Waals surface area contributed by atoms with Crippen LogP contribution in [0.2, 0.25) is 0 Å². The van der Waals surface area contributed by atoms with Crippen molar-refractivity contribution in [1.29, 1.82) is 0 Å². The van der Waals surface area contributed by atoms with Crippen LogP contribution >= 0.6 is 33.9 Å². The third kappa shape index (κ3) is 1.44. The first kappa shape index (κ1) is 8.96. The molecule has 0 atom stereocenters. The smallest absolute Gasteiger partial charge is 0.150 e. The number of benzene rings is 1. The Labute approximate surface area is 92.9 Å².